The molecular weight excluding hydrogens is 302 g/mol. The lowest BCUT2D eigenvalue weighted by atomic mass is 9.96. The van der Waals surface area contributed by atoms with Crippen LogP contribution in [0.25, 0.3) is 5.65 Å². The van der Waals surface area contributed by atoms with Crippen molar-refractivity contribution >= 4 is 17.2 Å². The molecule has 1 fully saturated rings. The lowest BCUT2D eigenvalue weighted by Gasteiger charge is -2.32. The van der Waals surface area contributed by atoms with Crippen molar-refractivity contribution in [1.82, 2.24) is 24.8 Å². The predicted molar refractivity (Wildman–Crippen MR) is 93.5 cm³/mol. The summed E-state index contributed by atoms with van der Waals surface area (Å²) in [4.78, 5) is 8.49. The minimum absolute atomic E-state index is 0.392. The lowest BCUT2D eigenvalue weighted by Crippen LogP contribution is -2.33. The molecule has 1 aliphatic rings. The van der Waals surface area contributed by atoms with Gasteiger partial charge in [-0.2, -0.15) is 4.52 Å². The van der Waals surface area contributed by atoms with Gasteiger partial charge >= 0.3 is 0 Å². The van der Waals surface area contributed by atoms with Crippen molar-refractivity contribution in [2.45, 2.75) is 18.8 Å². The molecule has 0 atom stereocenters. The van der Waals surface area contributed by atoms with E-state index in [0.717, 1.165) is 43.2 Å². The Morgan fingerprint density at radius 2 is 1.75 bits per heavy atom. The third kappa shape index (κ3) is 2.66. The van der Waals surface area contributed by atoms with Crippen LogP contribution < -0.4 is 9.80 Å². The monoisotopic (exact) mass is 323 g/mol. The van der Waals surface area contributed by atoms with Crippen LogP contribution in [0.15, 0.2) is 36.7 Å². The first-order valence-electron chi connectivity index (χ1n) is 8.27. The molecule has 4 rings (SSSR count). The van der Waals surface area contributed by atoms with Crippen LogP contribution in [-0.4, -0.2) is 52.0 Å². The molecule has 0 aliphatic carbocycles. The molecule has 0 aromatic carbocycles. The van der Waals surface area contributed by atoms with Gasteiger partial charge in [-0.15, -0.1) is 15.3 Å². The molecule has 124 valence electrons. The maximum Gasteiger partial charge on any atom is 0.178 e. The van der Waals surface area contributed by atoms with Gasteiger partial charge in [0.25, 0.3) is 0 Å². The summed E-state index contributed by atoms with van der Waals surface area (Å²) in [5.41, 5.74) is 2.05. The van der Waals surface area contributed by atoms with Crippen LogP contribution in [0.1, 0.15) is 24.6 Å². The molecule has 7 heteroatoms. The highest BCUT2D eigenvalue weighted by Crippen LogP contribution is 2.29. The molecule has 0 bridgehead atoms. The van der Waals surface area contributed by atoms with Gasteiger partial charge in [0.05, 0.1) is 0 Å². The Balaban J connectivity index is 1.55. The largest absolute Gasteiger partial charge is 0.371 e. The van der Waals surface area contributed by atoms with Crippen molar-refractivity contribution < 1.29 is 0 Å². The summed E-state index contributed by atoms with van der Waals surface area (Å²) >= 11 is 0. The molecule has 0 saturated carbocycles. The highest BCUT2D eigenvalue weighted by molar-refractivity contribution is 5.46. The summed E-state index contributed by atoms with van der Waals surface area (Å²) in [6.07, 6.45) is 5.80. The third-order valence-corrected chi connectivity index (χ3v) is 4.62. The Kier molecular flexibility index (Phi) is 3.76. The lowest BCUT2D eigenvalue weighted by molar-refractivity contribution is 0.477. The number of aromatic nitrogens is 5. The quantitative estimate of drug-likeness (QED) is 0.734. The average Bonchev–Trinajstić information content (AvgIpc) is 3.06. The van der Waals surface area contributed by atoms with E-state index < -0.39 is 0 Å². The number of rotatable bonds is 3. The van der Waals surface area contributed by atoms with Crippen LogP contribution in [0.5, 0.6) is 0 Å². The topological polar surface area (TPSA) is 62.5 Å². The summed E-state index contributed by atoms with van der Waals surface area (Å²) in [5, 5.41) is 13.4. The van der Waals surface area contributed by atoms with Crippen molar-refractivity contribution in [1.29, 1.82) is 0 Å². The zero-order chi connectivity index (χ0) is 16.5. The molecule has 4 heterocycles. The predicted octanol–water partition coefficient (Wildman–Crippen LogP) is 1.97. The minimum atomic E-state index is 0.392. The molecule has 0 radical (unpaired) electrons. The molecule has 0 N–H and O–H groups in total. The molecule has 24 heavy (non-hydrogen) atoms. The fraction of sp³-hybridized carbons (Fsp3) is 0.412. The summed E-state index contributed by atoms with van der Waals surface area (Å²) in [6, 6.07) is 8.08. The van der Waals surface area contributed by atoms with Crippen molar-refractivity contribution in [3.8, 4) is 0 Å². The average molecular weight is 323 g/mol. The number of hydrogen-bond donors (Lipinski definition) is 0. The molecule has 7 nitrogen and oxygen atoms in total. The summed E-state index contributed by atoms with van der Waals surface area (Å²) in [7, 11) is 3.98. The van der Waals surface area contributed by atoms with Gasteiger partial charge in [0.15, 0.2) is 11.5 Å². The molecule has 0 amide bonds. The van der Waals surface area contributed by atoms with E-state index in [4.69, 9.17) is 0 Å². The summed E-state index contributed by atoms with van der Waals surface area (Å²) < 4.78 is 1.90. The van der Waals surface area contributed by atoms with E-state index in [1.165, 1.54) is 5.69 Å². The second-order valence-corrected chi connectivity index (χ2v) is 6.38. The molecule has 3 aromatic heterocycles. The van der Waals surface area contributed by atoms with Crippen LogP contribution in [0, 0.1) is 0 Å². The third-order valence-electron chi connectivity index (χ3n) is 4.62. The van der Waals surface area contributed by atoms with Gasteiger partial charge in [-0.3, -0.25) is 4.98 Å². The molecule has 1 saturated heterocycles. The normalized spacial score (nSPS) is 15.8. The Hall–Kier alpha value is -2.70. The number of anilines is 2. The van der Waals surface area contributed by atoms with Gasteiger partial charge in [0.2, 0.25) is 0 Å². The first-order valence-corrected chi connectivity index (χ1v) is 8.27. The van der Waals surface area contributed by atoms with E-state index in [1.54, 1.807) is 0 Å². The number of piperidine rings is 1. The van der Waals surface area contributed by atoms with Crippen LogP contribution in [-0.2, 0) is 0 Å². The number of fused-ring (bicyclic) bond motifs is 1. The van der Waals surface area contributed by atoms with E-state index in [9.17, 15) is 0 Å². The van der Waals surface area contributed by atoms with Crippen molar-refractivity contribution in [3.63, 3.8) is 0 Å². The zero-order valence-electron chi connectivity index (χ0n) is 14.0. The maximum absolute atomic E-state index is 4.68. The van der Waals surface area contributed by atoms with Crippen molar-refractivity contribution in [2.24, 2.45) is 0 Å². The van der Waals surface area contributed by atoms with Gasteiger partial charge < -0.3 is 9.80 Å². The van der Waals surface area contributed by atoms with Gasteiger partial charge in [-0.1, -0.05) is 0 Å². The van der Waals surface area contributed by atoms with Crippen LogP contribution in [0.4, 0.5) is 11.5 Å². The second kappa shape index (κ2) is 6.07. The van der Waals surface area contributed by atoms with Crippen LogP contribution in [0.3, 0.4) is 0 Å². The molecular formula is C17H21N7. The Bertz CT molecular complexity index is 819. The molecule has 0 unspecified atom stereocenters. The zero-order valence-corrected chi connectivity index (χ0v) is 14.0. The molecule has 1 aliphatic heterocycles. The van der Waals surface area contributed by atoms with E-state index >= 15 is 0 Å². The first-order chi connectivity index (χ1) is 11.7. The van der Waals surface area contributed by atoms with Crippen LogP contribution in [0.2, 0.25) is 0 Å². The molecule has 0 spiro atoms. The fourth-order valence-electron chi connectivity index (χ4n) is 3.24. The van der Waals surface area contributed by atoms with E-state index in [2.05, 4.69) is 37.3 Å². The smallest absolute Gasteiger partial charge is 0.178 e. The van der Waals surface area contributed by atoms with E-state index in [-0.39, 0.29) is 0 Å². The minimum Gasteiger partial charge on any atom is -0.371 e. The van der Waals surface area contributed by atoms with Gasteiger partial charge in [-0.05, 0) is 37.1 Å². The highest BCUT2D eigenvalue weighted by atomic mass is 15.4. The summed E-state index contributed by atoms with van der Waals surface area (Å²) in [6.45, 7) is 2.02. The number of hydrogen-bond acceptors (Lipinski definition) is 6. The number of pyridine rings is 1. The van der Waals surface area contributed by atoms with Crippen molar-refractivity contribution in [3.05, 3.63) is 42.5 Å². The summed E-state index contributed by atoms with van der Waals surface area (Å²) in [5.74, 6) is 2.28. The standard InChI is InChI=1S/C17H21N7/c1-22(2)16-4-3-15-19-20-17(24(15)21-16)13-7-11-23(12-8-13)14-5-9-18-10-6-14/h3-6,9-10,13H,7-8,11-12H2,1-2H3. The molecule has 3 aromatic rings. The SMILES string of the molecule is CN(C)c1ccc2nnc(C3CCN(c4ccncc4)CC3)n2n1. The van der Waals surface area contributed by atoms with Crippen molar-refractivity contribution in [2.75, 3.05) is 37.0 Å². The Labute approximate surface area is 140 Å². The second-order valence-electron chi connectivity index (χ2n) is 6.38. The van der Waals surface area contributed by atoms with Gasteiger partial charge in [0.1, 0.15) is 5.82 Å². The number of nitrogens with zero attached hydrogens (tertiary/aromatic N) is 7. The Morgan fingerprint density at radius 3 is 2.46 bits per heavy atom. The van der Waals surface area contributed by atoms with Gasteiger partial charge in [-0.25, -0.2) is 0 Å². The highest BCUT2D eigenvalue weighted by Gasteiger charge is 2.25. The first kappa shape index (κ1) is 14.9. The van der Waals surface area contributed by atoms with Crippen LogP contribution >= 0.6 is 0 Å². The Morgan fingerprint density at radius 1 is 1.00 bits per heavy atom. The maximum atomic E-state index is 4.68. The fourth-order valence-corrected chi connectivity index (χ4v) is 3.24. The van der Waals surface area contributed by atoms with E-state index in [0.29, 0.717) is 5.92 Å². The van der Waals surface area contributed by atoms with Gasteiger partial charge in [0, 0.05) is 51.2 Å². The van der Waals surface area contributed by atoms with E-state index in [1.807, 2.05) is 48.0 Å².